The number of ether oxygens (including phenoxy) is 1. The van der Waals surface area contributed by atoms with Gasteiger partial charge in [0.1, 0.15) is 5.60 Å². The molecule has 2 nitrogen and oxygen atoms in total. The Hall–Kier alpha value is -0.790. The van der Waals surface area contributed by atoms with Crippen LogP contribution in [0, 0.1) is 5.41 Å². The van der Waals surface area contributed by atoms with Crippen LogP contribution >= 0.6 is 0 Å². The van der Waals surface area contributed by atoms with E-state index in [1.54, 1.807) is 0 Å². The molecule has 0 radical (unpaired) electrons. The summed E-state index contributed by atoms with van der Waals surface area (Å²) in [6.45, 7) is 10.4. The first-order valence-corrected chi connectivity index (χ1v) is 9.95. The minimum atomic E-state index is -0.253. The van der Waals surface area contributed by atoms with Crippen molar-refractivity contribution in [2.45, 2.75) is 110 Å². The average Bonchev–Trinajstić information content (AvgIpc) is 2.58. The molecule has 1 aliphatic rings. The Bertz CT molecular complexity index is 353. The maximum atomic E-state index is 12.1. The van der Waals surface area contributed by atoms with Crippen LogP contribution in [-0.2, 0) is 9.53 Å². The van der Waals surface area contributed by atoms with Gasteiger partial charge in [0.2, 0.25) is 0 Å². The molecule has 0 aromatic rings. The highest BCUT2D eigenvalue weighted by atomic mass is 16.6. The van der Waals surface area contributed by atoms with E-state index in [1.165, 1.54) is 63.9 Å². The van der Waals surface area contributed by atoms with Crippen LogP contribution in [0.15, 0.2) is 12.7 Å². The third-order valence-corrected chi connectivity index (χ3v) is 5.87. The standard InChI is InChI=1S/C21H38O2/c1-5-9-14-20(15-10-6-2)16-12-13-18-21(20,17-11-7-3)23-19(22)8-4/h8H,4-7,9-18H2,1-3H3. The molecule has 0 bridgehead atoms. The fraction of sp³-hybridized carbons (Fsp3) is 0.857. The van der Waals surface area contributed by atoms with Crippen LogP contribution in [0.3, 0.4) is 0 Å². The van der Waals surface area contributed by atoms with E-state index >= 15 is 0 Å². The van der Waals surface area contributed by atoms with Crippen molar-refractivity contribution in [3.63, 3.8) is 0 Å². The van der Waals surface area contributed by atoms with Crippen molar-refractivity contribution < 1.29 is 9.53 Å². The monoisotopic (exact) mass is 322 g/mol. The minimum absolute atomic E-state index is 0.186. The molecule has 23 heavy (non-hydrogen) atoms. The molecule has 1 unspecified atom stereocenters. The van der Waals surface area contributed by atoms with Crippen LogP contribution in [0.25, 0.3) is 0 Å². The van der Waals surface area contributed by atoms with E-state index in [0.29, 0.717) is 0 Å². The van der Waals surface area contributed by atoms with Gasteiger partial charge in [0.05, 0.1) is 0 Å². The first-order valence-electron chi connectivity index (χ1n) is 9.95. The Balaban J connectivity index is 3.16. The lowest BCUT2D eigenvalue weighted by Gasteiger charge is -2.53. The molecule has 0 N–H and O–H groups in total. The van der Waals surface area contributed by atoms with Crippen molar-refractivity contribution in [2.75, 3.05) is 0 Å². The fourth-order valence-corrected chi connectivity index (χ4v) is 4.52. The summed E-state index contributed by atoms with van der Waals surface area (Å²) >= 11 is 0. The predicted octanol–water partition coefficient (Wildman–Crippen LogP) is 6.59. The molecule has 1 aliphatic carbocycles. The number of carbonyl (C=O) groups is 1. The van der Waals surface area contributed by atoms with Gasteiger partial charge in [-0.25, -0.2) is 4.79 Å². The van der Waals surface area contributed by atoms with E-state index in [2.05, 4.69) is 27.4 Å². The Morgan fingerprint density at radius 2 is 1.48 bits per heavy atom. The molecule has 0 aliphatic heterocycles. The number of hydrogen-bond donors (Lipinski definition) is 0. The number of carbonyl (C=O) groups excluding carboxylic acids is 1. The van der Waals surface area contributed by atoms with Crippen molar-refractivity contribution in [2.24, 2.45) is 5.41 Å². The summed E-state index contributed by atoms with van der Waals surface area (Å²) in [5, 5.41) is 0. The van der Waals surface area contributed by atoms with Crippen LogP contribution in [0.1, 0.15) is 104 Å². The maximum Gasteiger partial charge on any atom is 0.330 e. The summed E-state index contributed by atoms with van der Waals surface area (Å²) in [7, 11) is 0. The fourth-order valence-electron chi connectivity index (χ4n) is 4.52. The van der Waals surface area contributed by atoms with Crippen LogP contribution in [-0.4, -0.2) is 11.6 Å². The zero-order valence-corrected chi connectivity index (χ0v) is 15.8. The first-order chi connectivity index (χ1) is 11.1. The molecule has 1 rings (SSSR count). The minimum Gasteiger partial charge on any atom is -0.455 e. The van der Waals surface area contributed by atoms with Gasteiger partial charge in [-0.15, -0.1) is 0 Å². The van der Waals surface area contributed by atoms with Gasteiger partial charge in [0.25, 0.3) is 0 Å². The molecule has 134 valence electrons. The second-order valence-corrected chi connectivity index (χ2v) is 7.42. The van der Waals surface area contributed by atoms with E-state index in [0.717, 1.165) is 25.7 Å². The largest absolute Gasteiger partial charge is 0.455 e. The van der Waals surface area contributed by atoms with Crippen LogP contribution in [0.4, 0.5) is 0 Å². The summed E-state index contributed by atoms with van der Waals surface area (Å²) in [6, 6.07) is 0. The molecule has 0 spiro atoms. The lowest BCUT2D eigenvalue weighted by molar-refractivity contribution is -0.187. The molecule has 1 saturated carbocycles. The Morgan fingerprint density at radius 1 is 0.957 bits per heavy atom. The molecular weight excluding hydrogens is 284 g/mol. The molecule has 0 heterocycles. The van der Waals surface area contributed by atoms with Crippen molar-refractivity contribution >= 4 is 5.97 Å². The van der Waals surface area contributed by atoms with Gasteiger partial charge in [0.15, 0.2) is 0 Å². The lowest BCUT2D eigenvalue weighted by Crippen LogP contribution is -2.53. The van der Waals surface area contributed by atoms with Gasteiger partial charge in [0, 0.05) is 11.5 Å². The SMILES string of the molecule is C=CC(=O)OC1(CCCC)CCCCC1(CCCC)CCCC. The molecule has 0 aromatic heterocycles. The molecule has 1 fully saturated rings. The smallest absolute Gasteiger partial charge is 0.330 e. The highest BCUT2D eigenvalue weighted by molar-refractivity contribution is 5.81. The van der Waals surface area contributed by atoms with Gasteiger partial charge in [-0.1, -0.05) is 65.9 Å². The lowest BCUT2D eigenvalue weighted by atomic mass is 9.57. The van der Waals surface area contributed by atoms with Gasteiger partial charge in [-0.3, -0.25) is 0 Å². The van der Waals surface area contributed by atoms with Crippen LogP contribution in [0.2, 0.25) is 0 Å². The summed E-state index contributed by atoms with van der Waals surface area (Å²) in [5.41, 5.74) is -0.0675. The highest BCUT2D eigenvalue weighted by Crippen LogP contribution is 2.55. The average molecular weight is 323 g/mol. The second kappa shape index (κ2) is 10.2. The molecule has 0 saturated heterocycles. The number of unbranched alkanes of at least 4 members (excludes halogenated alkanes) is 3. The molecule has 0 aromatic carbocycles. The zero-order chi connectivity index (χ0) is 17.2. The van der Waals surface area contributed by atoms with Crippen molar-refractivity contribution in [3.8, 4) is 0 Å². The normalized spacial score (nSPS) is 23.4. The Morgan fingerprint density at radius 3 is 2.00 bits per heavy atom. The summed E-state index contributed by atoms with van der Waals surface area (Å²) < 4.78 is 6.18. The van der Waals surface area contributed by atoms with Crippen molar-refractivity contribution in [1.29, 1.82) is 0 Å². The molecule has 0 amide bonds. The Labute approximate surface area is 144 Å². The van der Waals surface area contributed by atoms with Crippen LogP contribution < -0.4 is 0 Å². The maximum absolute atomic E-state index is 12.1. The van der Waals surface area contributed by atoms with Gasteiger partial charge in [-0.2, -0.15) is 0 Å². The van der Waals surface area contributed by atoms with Gasteiger partial charge >= 0.3 is 5.97 Å². The number of esters is 1. The van der Waals surface area contributed by atoms with Gasteiger partial charge < -0.3 is 4.74 Å². The Kier molecular flexibility index (Phi) is 8.94. The predicted molar refractivity (Wildman–Crippen MR) is 98.5 cm³/mol. The van der Waals surface area contributed by atoms with Gasteiger partial charge in [-0.05, 0) is 44.9 Å². The van der Waals surface area contributed by atoms with Crippen molar-refractivity contribution in [3.05, 3.63) is 12.7 Å². The second-order valence-electron chi connectivity index (χ2n) is 7.42. The first kappa shape index (κ1) is 20.3. The summed E-state index contributed by atoms with van der Waals surface area (Å²) in [5.74, 6) is -0.222. The highest BCUT2D eigenvalue weighted by Gasteiger charge is 2.53. The van der Waals surface area contributed by atoms with E-state index in [4.69, 9.17) is 4.74 Å². The quantitative estimate of drug-likeness (QED) is 0.317. The van der Waals surface area contributed by atoms with E-state index in [9.17, 15) is 4.79 Å². The third kappa shape index (κ3) is 5.09. The van der Waals surface area contributed by atoms with Crippen molar-refractivity contribution in [1.82, 2.24) is 0 Å². The third-order valence-electron chi connectivity index (χ3n) is 5.87. The van der Waals surface area contributed by atoms with E-state index in [-0.39, 0.29) is 17.0 Å². The number of rotatable bonds is 11. The topological polar surface area (TPSA) is 26.3 Å². The van der Waals surface area contributed by atoms with E-state index in [1.807, 2.05) is 0 Å². The number of hydrogen-bond acceptors (Lipinski definition) is 2. The summed E-state index contributed by atoms with van der Waals surface area (Å²) in [6.07, 6.45) is 16.7. The zero-order valence-electron chi connectivity index (χ0n) is 15.8. The molecule has 1 atom stereocenters. The summed E-state index contributed by atoms with van der Waals surface area (Å²) in [4.78, 5) is 12.1. The molecule has 2 heteroatoms. The molecular formula is C21H38O2. The van der Waals surface area contributed by atoms with Crippen LogP contribution in [0.5, 0.6) is 0 Å². The van der Waals surface area contributed by atoms with E-state index < -0.39 is 0 Å².